The Labute approximate surface area is 142 Å². The molecule has 0 bridgehead atoms. The molecule has 2 rings (SSSR count). The van der Waals surface area contributed by atoms with Crippen LogP contribution in [0, 0.1) is 10.1 Å². The second kappa shape index (κ2) is 7.05. The van der Waals surface area contributed by atoms with Crippen LogP contribution in [0.3, 0.4) is 0 Å². The zero-order valence-electron chi connectivity index (χ0n) is 11.6. The van der Waals surface area contributed by atoms with Crippen molar-refractivity contribution in [1.29, 1.82) is 0 Å². The van der Waals surface area contributed by atoms with Crippen LogP contribution in [0.2, 0.25) is 5.02 Å². The van der Waals surface area contributed by atoms with E-state index in [4.69, 9.17) is 11.6 Å². The third-order valence-corrected chi connectivity index (χ3v) is 3.85. The Morgan fingerprint density at radius 1 is 1.33 bits per heavy atom. The van der Waals surface area contributed by atoms with Crippen molar-refractivity contribution in [3.63, 3.8) is 0 Å². The molecule has 11 heteroatoms. The molecule has 1 heterocycles. The number of rotatable bonds is 5. The van der Waals surface area contributed by atoms with Crippen LogP contribution in [-0.4, -0.2) is 23.6 Å². The Bertz CT molecular complexity index is 779. The summed E-state index contributed by atoms with van der Waals surface area (Å²) in [6.45, 7) is -1.54. The Morgan fingerprint density at radius 3 is 2.62 bits per heavy atom. The van der Waals surface area contributed by atoms with Crippen LogP contribution in [0.1, 0.15) is 9.67 Å². The van der Waals surface area contributed by atoms with E-state index in [0.29, 0.717) is 11.3 Å². The molecule has 0 unspecified atom stereocenters. The summed E-state index contributed by atoms with van der Waals surface area (Å²) < 4.78 is 41.4. The Morgan fingerprint density at radius 2 is 2.04 bits per heavy atom. The van der Waals surface area contributed by atoms with Gasteiger partial charge in [-0.15, -0.1) is 0 Å². The van der Waals surface area contributed by atoms with Crippen LogP contribution in [0.4, 0.5) is 23.9 Å². The van der Waals surface area contributed by atoms with E-state index >= 15 is 0 Å². The number of ether oxygens (including phenoxy) is 1. The summed E-state index contributed by atoms with van der Waals surface area (Å²) >= 11 is 6.40. The van der Waals surface area contributed by atoms with Crippen molar-refractivity contribution < 1.29 is 27.6 Å². The van der Waals surface area contributed by atoms with Crippen molar-refractivity contribution in [3.8, 4) is 5.75 Å². The highest BCUT2D eigenvalue weighted by Crippen LogP contribution is 2.31. The molecule has 6 nitrogen and oxygen atoms in total. The summed E-state index contributed by atoms with van der Waals surface area (Å²) in [4.78, 5) is 22.0. The molecule has 0 saturated heterocycles. The first kappa shape index (κ1) is 18.0. The molecule has 1 N–H and O–H groups in total. The summed E-state index contributed by atoms with van der Waals surface area (Å²) in [5, 5.41) is 12.9. The lowest BCUT2D eigenvalue weighted by Crippen LogP contribution is -2.20. The molecule has 1 amide bonds. The molecule has 0 aliphatic rings. The van der Waals surface area contributed by atoms with Crippen LogP contribution in [0.15, 0.2) is 30.3 Å². The first-order valence-corrected chi connectivity index (χ1v) is 7.40. The smallest absolute Gasteiger partial charge is 0.422 e. The number of carbonyl (C=O) groups excluding carboxylic acids is 1. The molecule has 0 fully saturated rings. The standard InChI is InChI=1S/C13H8ClF3N2O4S/c14-7-1-2-9(23-6-13(15,16)17)8(5-7)18-12(20)10-3-4-11(24-10)19(21)22/h1-5H,6H2,(H,18,20). The number of nitrogens with zero attached hydrogens (tertiary/aromatic N) is 1. The molecule has 24 heavy (non-hydrogen) atoms. The van der Waals surface area contributed by atoms with E-state index in [9.17, 15) is 28.1 Å². The predicted molar refractivity (Wildman–Crippen MR) is 81.9 cm³/mol. The molecule has 1 aromatic carbocycles. The lowest BCUT2D eigenvalue weighted by Gasteiger charge is -2.14. The fourth-order valence-electron chi connectivity index (χ4n) is 1.62. The van der Waals surface area contributed by atoms with E-state index in [0.717, 1.165) is 6.07 Å². The normalized spacial score (nSPS) is 11.2. The summed E-state index contributed by atoms with van der Waals surface area (Å²) in [5.74, 6) is -0.955. The highest BCUT2D eigenvalue weighted by Gasteiger charge is 2.29. The van der Waals surface area contributed by atoms with Gasteiger partial charge in [-0.1, -0.05) is 22.9 Å². The van der Waals surface area contributed by atoms with Gasteiger partial charge < -0.3 is 10.1 Å². The number of alkyl halides is 3. The molecule has 0 atom stereocenters. The molecule has 0 radical (unpaired) electrons. The van der Waals surface area contributed by atoms with Crippen LogP contribution in [-0.2, 0) is 0 Å². The number of hydrogen-bond donors (Lipinski definition) is 1. The van der Waals surface area contributed by atoms with E-state index in [1.807, 2.05) is 0 Å². The third-order valence-electron chi connectivity index (χ3n) is 2.58. The Kier molecular flexibility index (Phi) is 5.30. The summed E-state index contributed by atoms with van der Waals surface area (Å²) in [6.07, 6.45) is -4.55. The lowest BCUT2D eigenvalue weighted by molar-refractivity contribution is -0.380. The topological polar surface area (TPSA) is 81.5 Å². The van der Waals surface area contributed by atoms with Crippen molar-refractivity contribution in [1.82, 2.24) is 0 Å². The largest absolute Gasteiger partial charge is 0.482 e. The molecule has 0 aliphatic heterocycles. The minimum atomic E-state index is -4.55. The first-order valence-electron chi connectivity index (χ1n) is 6.20. The fraction of sp³-hybridized carbons (Fsp3) is 0.154. The van der Waals surface area contributed by atoms with Gasteiger partial charge in [0.1, 0.15) is 5.75 Å². The van der Waals surface area contributed by atoms with Crippen LogP contribution in [0.25, 0.3) is 0 Å². The highest BCUT2D eigenvalue weighted by molar-refractivity contribution is 7.17. The molecule has 0 saturated carbocycles. The van der Waals surface area contributed by atoms with E-state index in [2.05, 4.69) is 10.1 Å². The average molecular weight is 381 g/mol. The second-order valence-corrected chi connectivity index (χ2v) is 5.89. The Balaban J connectivity index is 2.19. The van der Waals surface area contributed by atoms with Gasteiger partial charge in [-0.25, -0.2) is 0 Å². The number of carbonyl (C=O) groups is 1. The SMILES string of the molecule is O=C(Nc1cc(Cl)ccc1OCC(F)(F)F)c1ccc([N+](=O)[O-])s1. The highest BCUT2D eigenvalue weighted by atomic mass is 35.5. The number of hydrogen-bond acceptors (Lipinski definition) is 5. The number of nitrogens with one attached hydrogen (secondary N) is 1. The zero-order valence-corrected chi connectivity index (χ0v) is 13.2. The number of halogens is 4. The van der Waals surface area contributed by atoms with E-state index in [1.165, 1.54) is 24.3 Å². The maximum Gasteiger partial charge on any atom is 0.422 e. The van der Waals surface area contributed by atoms with E-state index in [1.54, 1.807) is 0 Å². The number of anilines is 1. The minimum Gasteiger partial charge on any atom is -0.482 e. The maximum atomic E-state index is 12.3. The zero-order chi connectivity index (χ0) is 17.9. The maximum absolute atomic E-state index is 12.3. The Hall–Kier alpha value is -2.33. The van der Waals surface area contributed by atoms with Gasteiger partial charge in [-0.05, 0) is 24.3 Å². The molecule has 0 aliphatic carbocycles. The molecular formula is C13H8ClF3N2O4S. The van der Waals surface area contributed by atoms with Gasteiger partial charge in [0, 0.05) is 11.1 Å². The van der Waals surface area contributed by atoms with Gasteiger partial charge in [0.25, 0.3) is 5.91 Å². The van der Waals surface area contributed by atoms with Crippen molar-refractivity contribution in [3.05, 3.63) is 50.3 Å². The molecule has 0 spiro atoms. The second-order valence-electron chi connectivity index (χ2n) is 4.39. The van der Waals surface area contributed by atoms with Gasteiger partial charge in [0.15, 0.2) is 6.61 Å². The predicted octanol–water partition coefficient (Wildman–Crippen LogP) is 4.50. The molecule has 1 aromatic heterocycles. The van der Waals surface area contributed by atoms with Crippen LogP contribution < -0.4 is 10.1 Å². The third kappa shape index (κ3) is 4.83. The van der Waals surface area contributed by atoms with Crippen molar-refractivity contribution >= 4 is 39.5 Å². The van der Waals surface area contributed by atoms with Crippen molar-refractivity contribution in [2.45, 2.75) is 6.18 Å². The van der Waals surface area contributed by atoms with Crippen molar-refractivity contribution in [2.75, 3.05) is 11.9 Å². The van der Waals surface area contributed by atoms with E-state index in [-0.39, 0.29) is 26.3 Å². The molecule has 2 aromatic rings. The quantitative estimate of drug-likeness (QED) is 0.611. The fourth-order valence-corrected chi connectivity index (χ4v) is 2.50. The minimum absolute atomic E-state index is 0.0171. The number of nitro groups is 1. The van der Waals surface area contributed by atoms with Gasteiger partial charge in [-0.3, -0.25) is 14.9 Å². The van der Waals surface area contributed by atoms with Crippen LogP contribution >= 0.6 is 22.9 Å². The summed E-state index contributed by atoms with van der Waals surface area (Å²) in [5.41, 5.74) is -0.0761. The van der Waals surface area contributed by atoms with Gasteiger partial charge >= 0.3 is 11.2 Å². The van der Waals surface area contributed by atoms with E-state index < -0.39 is 23.6 Å². The summed E-state index contributed by atoms with van der Waals surface area (Å²) in [6, 6.07) is 6.09. The number of thiophene rings is 1. The molecule has 128 valence electrons. The van der Waals surface area contributed by atoms with Gasteiger partial charge in [0.05, 0.1) is 15.5 Å². The number of amides is 1. The van der Waals surface area contributed by atoms with Crippen molar-refractivity contribution in [2.24, 2.45) is 0 Å². The monoisotopic (exact) mass is 380 g/mol. The number of benzene rings is 1. The van der Waals surface area contributed by atoms with Gasteiger partial charge in [0.2, 0.25) is 0 Å². The van der Waals surface area contributed by atoms with Gasteiger partial charge in [-0.2, -0.15) is 13.2 Å². The first-order chi connectivity index (χ1) is 11.2. The average Bonchev–Trinajstić information content (AvgIpc) is 2.95. The summed E-state index contributed by atoms with van der Waals surface area (Å²) in [7, 11) is 0. The van der Waals surface area contributed by atoms with Crippen LogP contribution in [0.5, 0.6) is 5.75 Å². The molecular weight excluding hydrogens is 373 g/mol. The lowest BCUT2D eigenvalue weighted by atomic mass is 10.3.